The molecule has 70 valence electrons. The highest BCUT2D eigenvalue weighted by Crippen LogP contribution is 2.31. The third kappa shape index (κ3) is 1.47. The molecule has 0 fully saturated rings. The molecule has 0 aliphatic carbocycles. The van der Waals surface area contributed by atoms with Crippen LogP contribution in [0.3, 0.4) is 0 Å². The van der Waals surface area contributed by atoms with Crippen LogP contribution in [0.15, 0.2) is 18.2 Å². The molecule has 1 aromatic carbocycles. The Balaban J connectivity index is 2.41. The van der Waals surface area contributed by atoms with Crippen LogP contribution in [0, 0.1) is 0 Å². The summed E-state index contributed by atoms with van der Waals surface area (Å²) in [5.41, 5.74) is 6.88. The van der Waals surface area contributed by atoms with Gasteiger partial charge in [0.2, 0.25) is 0 Å². The van der Waals surface area contributed by atoms with Crippen LogP contribution in [-0.2, 0) is 6.42 Å². The molecule has 0 unspecified atom stereocenters. The number of hydrogen-bond donors (Lipinski definition) is 1. The fourth-order valence-electron chi connectivity index (χ4n) is 1.59. The summed E-state index contributed by atoms with van der Waals surface area (Å²) in [6.07, 6.45) is 0.833. The monoisotopic (exact) mass is 179 g/mol. The molecular formula is C10H13NO2. The van der Waals surface area contributed by atoms with Gasteiger partial charge in [-0.15, -0.1) is 0 Å². The average Bonchev–Trinajstić information content (AvgIpc) is 2.17. The van der Waals surface area contributed by atoms with Crippen molar-refractivity contribution in [1.29, 1.82) is 0 Å². The first kappa shape index (κ1) is 8.38. The van der Waals surface area contributed by atoms with Crippen LogP contribution in [0.25, 0.3) is 0 Å². The first-order valence-electron chi connectivity index (χ1n) is 4.35. The minimum Gasteiger partial charge on any atom is -0.496 e. The SMILES string of the molecule is COc1cccc2c1C[C@H](N)CO2. The van der Waals surface area contributed by atoms with E-state index in [-0.39, 0.29) is 6.04 Å². The Morgan fingerprint density at radius 1 is 1.54 bits per heavy atom. The molecule has 1 heterocycles. The fraction of sp³-hybridized carbons (Fsp3) is 0.400. The van der Waals surface area contributed by atoms with Gasteiger partial charge in [0.05, 0.1) is 7.11 Å². The van der Waals surface area contributed by atoms with Gasteiger partial charge in [0.1, 0.15) is 18.1 Å². The largest absolute Gasteiger partial charge is 0.496 e. The Hall–Kier alpha value is -1.22. The molecule has 1 aliphatic rings. The third-order valence-electron chi connectivity index (χ3n) is 2.23. The van der Waals surface area contributed by atoms with Gasteiger partial charge in [-0.2, -0.15) is 0 Å². The Bertz CT molecular complexity index is 298. The van der Waals surface area contributed by atoms with E-state index < -0.39 is 0 Å². The van der Waals surface area contributed by atoms with Gasteiger partial charge in [0, 0.05) is 11.6 Å². The lowest BCUT2D eigenvalue weighted by atomic mass is 10.0. The predicted molar refractivity (Wildman–Crippen MR) is 50.2 cm³/mol. The normalized spacial score (nSPS) is 20.3. The smallest absolute Gasteiger partial charge is 0.126 e. The number of methoxy groups -OCH3 is 1. The molecule has 2 rings (SSSR count). The Labute approximate surface area is 77.5 Å². The molecule has 3 nitrogen and oxygen atoms in total. The molecule has 3 heteroatoms. The van der Waals surface area contributed by atoms with Gasteiger partial charge in [-0.1, -0.05) is 6.07 Å². The van der Waals surface area contributed by atoms with E-state index in [0.717, 1.165) is 23.5 Å². The predicted octanol–water partition coefficient (Wildman–Crippen LogP) is 0.957. The van der Waals surface area contributed by atoms with E-state index in [1.165, 1.54) is 0 Å². The zero-order chi connectivity index (χ0) is 9.26. The molecule has 1 aromatic rings. The Morgan fingerprint density at radius 3 is 3.15 bits per heavy atom. The number of hydrogen-bond acceptors (Lipinski definition) is 3. The molecule has 0 radical (unpaired) electrons. The van der Waals surface area contributed by atoms with Gasteiger partial charge in [-0.3, -0.25) is 0 Å². The van der Waals surface area contributed by atoms with Crippen molar-refractivity contribution < 1.29 is 9.47 Å². The molecule has 0 aromatic heterocycles. The fourth-order valence-corrected chi connectivity index (χ4v) is 1.59. The first-order valence-corrected chi connectivity index (χ1v) is 4.35. The average molecular weight is 179 g/mol. The highest BCUT2D eigenvalue weighted by atomic mass is 16.5. The second kappa shape index (κ2) is 3.26. The Morgan fingerprint density at radius 2 is 2.38 bits per heavy atom. The summed E-state index contributed by atoms with van der Waals surface area (Å²) in [7, 11) is 1.66. The van der Waals surface area contributed by atoms with Gasteiger partial charge >= 0.3 is 0 Å². The summed E-state index contributed by atoms with van der Waals surface area (Å²) >= 11 is 0. The van der Waals surface area contributed by atoms with Gasteiger partial charge in [-0.25, -0.2) is 0 Å². The number of nitrogens with two attached hydrogens (primary N) is 1. The van der Waals surface area contributed by atoms with Crippen LogP contribution >= 0.6 is 0 Å². The number of rotatable bonds is 1. The van der Waals surface area contributed by atoms with E-state index in [0.29, 0.717) is 6.61 Å². The molecule has 13 heavy (non-hydrogen) atoms. The van der Waals surface area contributed by atoms with E-state index in [4.69, 9.17) is 15.2 Å². The van der Waals surface area contributed by atoms with Crippen LogP contribution in [-0.4, -0.2) is 19.8 Å². The third-order valence-corrected chi connectivity index (χ3v) is 2.23. The topological polar surface area (TPSA) is 44.5 Å². The highest BCUT2D eigenvalue weighted by molar-refractivity contribution is 5.46. The van der Waals surface area contributed by atoms with Crippen LogP contribution in [0.5, 0.6) is 11.5 Å². The van der Waals surface area contributed by atoms with Crippen molar-refractivity contribution >= 4 is 0 Å². The van der Waals surface area contributed by atoms with Crippen molar-refractivity contribution in [3.63, 3.8) is 0 Å². The molecule has 0 saturated heterocycles. The van der Waals surface area contributed by atoms with Gasteiger partial charge in [-0.05, 0) is 18.6 Å². The van der Waals surface area contributed by atoms with Crippen LogP contribution in [0.1, 0.15) is 5.56 Å². The molecule has 0 saturated carbocycles. The zero-order valence-electron chi connectivity index (χ0n) is 7.62. The summed E-state index contributed by atoms with van der Waals surface area (Å²) in [5, 5.41) is 0. The minimum absolute atomic E-state index is 0.0869. The maximum absolute atomic E-state index is 5.79. The van der Waals surface area contributed by atoms with E-state index in [1.54, 1.807) is 7.11 Å². The summed E-state index contributed by atoms with van der Waals surface area (Å²) in [6.45, 7) is 0.597. The van der Waals surface area contributed by atoms with E-state index in [9.17, 15) is 0 Å². The van der Waals surface area contributed by atoms with Crippen molar-refractivity contribution in [1.82, 2.24) is 0 Å². The summed E-state index contributed by atoms with van der Waals surface area (Å²) < 4.78 is 10.7. The van der Waals surface area contributed by atoms with Gasteiger partial charge in [0.15, 0.2) is 0 Å². The molecule has 2 N–H and O–H groups in total. The lowest BCUT2D eigenvalue weighted by Gasteiger charge is -2.23. The molecule has 0 bridgehead atoms. The number of ether oxygens (including phenoxy) is 2. The van der Waals surface area contributed by atoms with E-state index in [2.05, 4.69) is 0 Å². The Kier molecular flexibility index (Phi) is 2.10. The zero-order valence-corrected chi connectivity index (χ0v) is 7.62. The van der Waals surface area contributed by atoms with Crippen LogP contribution < -0.4 is 15.2 Å². The minimum atomic E-state index is 0.0869. The second-order valence-electron chi connectivity index (χ2n) is 3.21. The highest BCUT2D eigenvalue weighted by Gasteiger charge is 2.19. The molecule has 1 aliphatic heterocycles. The number of benzene rings is 1. The van der Waals surface area contributed by atoms with Crippen molar-refractivity contribution in [3.8, 4) is 11.5 Å². The molecular weight excluding hydrogens is 166 g/mol. The van der Waals surface area contributed by atoms with Gasteiger partial charge in [0.25, 0.3) is 0 Å². The van der Waals surface area contributed by atoms with Crippen LogP contribution in [0.2, 0.25) is 0 Å². The van der Waals surface area contributed by atoms with Gasteiger partial charge < -0.3 is 15.2 Å². The van der Waals surface area contributed by atoms with Crippen molar-refractivity contribution in [2.75, 3.05) is 13.7 Å². The summed E-state index contributed by atoms with van der Waals surface area (Å²) in [4.78, 5) is 0. The van der Waals surface area contributed by atoms with Crippen molar-refractivity contribution in [3.05, 3.63) is 23.8 Å². The van der Waals surface area contributed by atoms with E-state index >= 15 is 0 Å². The summed E-state index contributed by atoms with van der Waals surface area (Å²) in [5.74, 6) is 1.77. The summed E-state index contributed by atoms with van der Waals surface area (Å²) in [6, 6.07) is 5.89. The second-order valence-corrected chi connectivity index (χ2v) is 3.21. The maximum atomic E-state index is 5.79. The molecule has 1 atom stereocenters. The van der Waals surface area contributed by atoms with E-state index in [1.807, 2.05) is 18.2 Å². The first-order chi connectivity index (χ1) is 6.31. The maximum Gasteiger partial charge on any atom is 0.126 e. The lowest BCUT2D eigenvalue weighted by molar-refractivity contribution is 0.258. The molecule has 0 amide bonds. The van der Waals surface area contributed by atoms with Crippen LogP contribution in [0.4, 0.5) is 0 Å². The molecule has 0 spiro atoms. The lowest BCUT2D eigenvalue weighted by Crippen LogP contribution is -2.33. The van der Waals surface area contributed by atoms with Crippen molar-refractivity contribution in [2.45, 2.75) is 12.5 Å². The quantitative estimate of drug-likeness (QED) is 0.698. The van der Waals surface area contributed by atoms with Crippen molar-refractivity contribution in [2.24, 2.45) is 5.73 Å². The standard InChI is InChI=1S/C10H13NO2/c1-12-9-3-2-4-10-8(9)5-7(11)6-13-10/h2-4,7H,5-6,11H2,1H3/t7-/m0/s1. The number of fused-ring (bicyclic) bond motifs is 1.